The first-order valence-corrected chi connectivity index (χ1v) is 4.63. The minimum atomic E-state index is 0.288. The van der Waals surface area contributed by atoms with Crippen LogP contribution in [-0.4, -0.2) is 48.4 Å². The molecule has 3 nitrogen and oxygen atoms in total. The first-order valence-electron chi connectivity index (χ1n) is 4.63. The van der Waals surface area contributed by atoms with E-state index >= 15 is 0 Å². The van der Waals surface area contributed by atoms with Gasteiger partial charge in [0.15, 0.2) is 0 Å². The zero-order valence-corrected chi connectivity index (χ0v) is 8.21. The molecule has 1 saturated heterocycles. The van der Waals surface area contributed by atoms with Gasteiger partial charge in [-0.15, -0.1) is 0 Å². The van der Waals surface area contributed by atoms with Gasteiger partial charge < -0.3 is 9.80 Å². The van der Waals surface area contributed by atoms with Crippen LogP contribution in [0.15, 0.2) is 0 Å². The van der Waals surface area contributed by atoms with Crippen LogP contribution in [-0.2, 0) is 4.79 Å². The summed E-state index contributed by atoms with van der Waals surface area (Å²) in [5.41, 5.74) is 0. The van der Waals surface area contributed by atoms with Crippen LogP contribution in [0.25, 0.3) is 0 Å². The fourth-order valence-corrected chi connectivity index (χ4v) is 1.71. The van der Waals surface area contributed by atoms with Gasteiger partial charge in [0, 0.05) is 32.1 Å². The molecule has 0 aliphatic carbocycles. The van der Waals surface area contributed by atoms with Gasteiger partial charge in [-0.25, -0.2) is 0 Å². The van der Waals surface area contributed by atoms with Gasteiger partial charge in [0.25, 0.3) is 0 Å². The average molecular weight is 170 g/mol. The molecule has 1 fully saturated rings. The van der Waals surface area contributed by atoms with Crippen molar-refractivity contribution in [1.29, 1.82) is 0 Å². The van der Waals surface area contributed by atoms with Gasteiger partial charge in [0.2, 0.25) is 5.91 Å². The Morgan fingerprint density at radius 3 is 2.67 bits per heavy atom. The molecule has 0 saturated carbocycles. The normalized spacial score (nSPS) is 25.9. The lowest BCUT2D eigenvalue weighted by Gasteiger charge is -2.38. The molecular weight excluding hydrogens is 152 g/mol. The highest BCUT2D eigenvalue weighted by molar-refractivity contribution is 5.76. The molecule has 12 heavy (non-hydrogen) atoms. The van der Waals surface area contributed by atoms with E-state index in [0.717, 1.165) is 19.6 Å². The van der Waals surface area contributed by atoms with Gasteiger partial charge in [-0.05, 0) is 14.0 Å². The van der Waals surface area contributed by atoms with Gasteiger partial charge in [-0.2, -0.15) is 0 Å². The summed E-state index contributed by atoms with van der Waals surface area (Å²) < 4.78 is 0. The second kappa shape index (κ2) is 3.90. The molecule has 0 N–H and O–H groups in total. The Hall–Kier alpha value is -0.570. The third-order valence-corrected chi connectivity index (χ3v) is 2.45. The van der Waals surface area contributed by atoms with Crippen LogP contribution >= 0.6 is 0 Å². The lowest BCUT2D eigenvalue weighted by atomic mass is 10.2. The Bertz CT molecular complexity index is 170. The van der Waals surface area contributed by atoms with Gasteiger partial charge in [0.05, 0.1) is 0 Å². The second-order valence-corrected chi connectivity index (χ2v) is 3.55. The summed E-state index contributed by atoms with van der Waals surface area (Å²) in [6.45, 7) is 6.95. The molecule has 1 aliphatic heterocycles. The third kappa shape index (κ3) is 1.97. The molecule has 1 atom stereocenters. The molecule has 1 heterocycles. The number of hydrogen-bond acceptors (Lipinski definition) is 2. The molecule has 3 heteroatoms. The second-order valence-electron chi connectivity index (χ2n) is 3.55. The highest BCUT2D eigenvalue weighted by Crippen LogP contribution is 2.08. The van der Waals surface area contributed by atoms with Crippen molar-refractivity contribution in [2.75, 3.05) is 26.7 Å². The van der Waals surface area contributed by atoms with Crippen LogP contribution in [0.2, 0.25) is 0 Å². The van der Waals surface area contributed by atoms with E-state index in [1.165, 1.54) is 0 Å². The largest absolute Gasteiger partial charge is 0.337 e. The van der Waals surface area contributed by atoms with Crippen LogP contribution < -0.4 is 0 Å². The smallest absolute Gasteiger partial charge is 0.222 e. The molecule has 1 aliphatic rings. The Morgan fingerprint density at radius 1 is 1.50 bits per heavy atom. The molecule has 0 aromatic rings. The van der Waals surface area contributed by atoms with Crippen molar-refractivity contribution in [2.45, 2.75) is 26.3 Å². The summed E-state index contributed by atoms with van der Waals surface area (Å²) in [5.74, 6) is 0.288. The van der Waals surface area contributed by atoms with E-state index in [-0.39, 0.29) is 5.91 Å². The Labute approximate surface area is 74.3 Å². The van der Waals surface area contributed by atoms with Crippen LogP contribution in [0.4, 0.5) is 0 Å². The number of carbonyl (C=O) groups excluding carboxylic acids is 1. The van der Waals surface area contributed by atoms with Gasteiger partial charge in [-0.3, -0.25) is 4.79 Å². The molecular formula is C9H18N2O. The summed E-state index contributed by atoms with van der Waals surface area (Å²) in [7, 11) is 2.10. The predicted molar refractivity (Wildman–Crippen MR) is 49.0 cm³/mol. The number of carbonyl (C=O) groups is 1. The number of likely N-dealkylation sites (N-methyl/N-ethyl adjacent to an activating group) is 1. The Kier molecular flexibility index (Phi) is 3.09. The highest BCUT2D eigenvalue weighted by atomic mass is 16.2. The van der Waals surface area contributed by atoms with Gasteiger partial charge in [0.1, 0.15) is 0 Å². The summed E-state index contributed by atoms with van der Waals surface area (Å²) in [6, 6.07) is 0.385. The highest BCUT2D eigenvalue weighted by Gasteiger charge is 2.23. The zero-order chi connectivity index (χ0) is 9.14. The van der Waals surface area contributed by atoms with Crippen molar-refractivity contribution in [2.24, 2.45) is 0 Å². The quantitative estimate of drug-likeness (QED) is 0.574. The van der Waals surface area contributed by atoms with Crippen molar-refractivity contribution >= 4 is 5.91 Å². The van der Waals surface area contributed by atoms with Gasteiger partial charge >= 0.3 is 0 Å². The summed E-state index contributed by atoms with van der Waals surface area (Å²) in [4.78, 5) is 15.6. The topological polar surface area (TPSA) is 23.6 Å². The molecule has 70 valence electrons. The maximum absolute atomic E-state index is 11.4. The van der Waals surface area contributed by atoms with Crippen molar-refractivity contribution in [3.8, 4) is 0 Å². The summed E-state index contributed by atoms with van der Waals surface area (Å²) >= 11 is 0. The minimum absolute atomic E-state index is 0.288. The SMILES string of the molecule is CCC(=O)N1CCN(C)CC1C. The monoisotopic (exact) mass is 170 g/mol. The third-order valence-electron chi connectivity index (χ3n) is 2.45. The van der Waals surface area contributed by atoms with Crippen LogP contribution in [0.1, 0.15) is 20.3 Å². The number of nitrogens with zero attached hydrogens (tertiary/aromatic N) is 2. The molecule has 0 aromatic carbocycles. The van der Waals surface area contributed by atoms with E-state index in [0.29, 0.717) is 12.5 Å². The fourth-order valence-electron chi connectivity index (χ4n) is 1.71. The summed E-state index contributed by atoms with van der Waals surface area (Å²) in [6.07, 6.45) is 0.633. The van der Waals surface area contributed by atoms with Crippen molar-refractivity contribution in [3.63, 3.8) is 0 Å². The molecule has 0 bridgehead atoms. The first-order chi connectivity index (χ1) is 5.65. The predicted octanol–water partition coefficient (Wildman–Crippen LogP) is 0.559. The van der Waals surface area contributed by atoms with Crippen molar-refractivity contribution < 1.29 is 4.79 Å². The molecule has 1 rings (SSSR count). The van der Waals surface area contributed by atoms with E-state index in [4.69, 9.17) is 0 Å². The average Bonchev–Trinajstić information content (AvgIpc) is 2.03. The van der Waals surface area contributed by atoms with E-state index in [1.807, 2.05) is 11.8 Å². The molecule has 1 unspecified atom stereocenters. The number of piperazine rings is 1. The van der Waals surface area contributed by atoms with E-state index in [9.17, 15) is 4.79 Å². The van der Waals surface area contributed by atoms with E-state index in [1.54, 1.807) is 0 Å². The molecule has 0 radical (unpaired) electrons. The molecule has 0 spiro atoms. The summed E-state index contributed by atoms with van der Waals surface area (Å²) in [5, 5.41) is 0. The van der Waals surface area contributed by atoms with Crippen LogP contribution in [0.3, 0.4) is 0 Å². The van der Waals surface area contributed by atoms with Crippen LogP contribution in [0, 0.1) is 0 Å². The lowest BCUT2D eigenvalue weighted by molar-refractivity contribution is -0.135. The Morgan fingerprint density at radius 2 is 2.17 bits per heavy atom. The van der Waals surface area contributed by atoms with E-state index in [2.05, 4.69) is 18.9 Å². The lowest BCUT2D eigenvalue weighted by Crippen LogP contribution is -2.52. The minimum Gasteiger partial charge on any atom is -0.337 e. The standard InChI is InChI=1S/C9H18N2O/c1-4-9(12)11-6-5-10(3)7-8(11)2/h8H,4-7H2,1-3H3. The number of amides is 1. The number of rotatable bonds is 1. The van der Waals surface area contributed by atoms with Crippen molar-refractivity contribution in [3.05, 3.63) is 0 Å². The van der Waals surface area contributed by atoms with Crippen molar-refractivity contribution in [1.82, 2.24) is 9.80 Å². The van der Waals surface area contributed by atoms with E-state index < -0.39 is 0 Å². The molecule has 0 aromatic heterocycles. The maximum Gasteiger partial charge on any atom is 0.222 e. The van der Waals surface area contributed by atoms with Gasteiger partial charge in [-0.1, -0.05) is 6.92 Å². The first kappa shape index (κ1) is 9.52. The Balaban J connectivity index is 2.50. The fraction of sp³-hybridized carbons (Fsp3) is 0.889. The van der Waals surface area contributed by atoms with Crippen LogP contribution in [0.5, 0.6) is 0 Å². The molecule has 1 amide bonds. The maximum atomic E-state index is 11.4. The zero-order valence-electron chi connectivity index (χ0n) is 8.21. The number of hydrogen-bond donors (Lipinski definition) is 0.